The highest BCUT2D eigenvalue weighted by molar-refractivity contribution is 7.39. The number of ether oxygens (including phenoxy) is 1. The van der Waals surface area contributed by atoms with Crippen LogP contribution in [0.4, 0.5) is 4.79 Å². The highest BCUT2D eigenvalue weighted by Crippen LogP contribution is 2.12. The summed E-state index contributed by atoms with van der Waals surface area (Å²) >= 11 is 0. The molecule has 0 saturated carbocycles. The van der Waals surface area contributed by atoms with E-state index in [-0.39, 0.29) is 5.71 Å². The first-order valence-electron chi connectivity index (χ1n) is 4.23. The standard InChI is InChI=1S/C9H17O2P/c1-3-5-8(6-4-2)7-11-9(10)12/h3,8H,1,4-7,12H2,2H3. The number of carbonyl (C=O) groups is 1. The first kappa shape index (κ1) is 11.6. The van der Waals surface area contributed by atoms with E-state index in [0.29, 0.717) is 12.5 Å². The molecular weight excluding hydrogens is 171 g/mol. The van der Waals surface area contributed by atoms with Crippen molar-refractivity contribution in [2.24, 2.45) is 5.92 Å². The Balaban J connectivity index is 3.61. The summed E-state index contributed by atoms with van der Waals surface area (Å²) in [5, 5.41) is 0. The molecule has 12 heavy (non-hydrogen) atoms. The van der Waals surface area contributed by atoms with Crippen molar-refractivity contribution >= 4 is 15.0 Å². The van der Waals surface area contributed by atoms with Crippen molar-refractivity contribution in [2.45, 2.75) is 26.2 Å². The number of allylic oxidation sites excluding steroid dienone is 1. The lowest BCUT2D eigenvalue weighted by molar-refractivity contribution is 0.150. The maximum Gasteiger partial charge on any atom is 0.319 e. The fourth-order valence-corrected chi connectivity index (χ4v) is 1.21. The first-order chi connectivity index (χ1) is 5.70. The molecule has 0 aromatic rings. The van der Waals surface area contributed by atoms with Gasteiger partial charge in [0.2, 0.25) is 0 Å². The summed E-state index contributed by atoms with van der Waals surface area (Å²) in [5.74, 6) is 0.442. The number of hydrogen-bond acceptors (Lipinski definition) is 2. The van der Waals surface area contributed by atoms with Crippen LogP contribution < -0.4 is 0 Å². The average molecular weight is 188 g/mol. The minimum atomic E-state index is -0.278. The summed E-state index contributed by atoms with van der Waals surface area (Å²) in [7, 11) is 2.01. The molecule has 0 aromatic carbocycles. The van der Waals surface area contributed by atoms with Crippen LogP contribution in [0, 0.1) is 5.92 Å². The molecule has 2 nitrogen and oxygen atoms in total. The van der Waals surface area contributed by atoms with E-state index in [1.165, 1.54) is 0 Å². The van der Waals surface area contributed by atoms with Crippen LogP contribution in [0.15, 0.2) is 12.7 Å². The third kappa shape index (κ3) is 6.36. The predicted octanol–water partition coefficient (Wildman–Crippen LogP) is 2.99. The van der Waals surface area contributed by atoms with Gasteiger partial charge in [-0.3, -0.25) is 0 Å². The zero-order chi connectivity index (χ0) is 9.40. The second kappa shape index (κ2) is 7.30. The minimum absolute atomic E-state index is 0.278. The first-order valence-corrected chi connectivity index (χ1v) is 4.81. The Kier molecular flexibility index (Phi) is 7.08. The third-order valence-electron chi connectivity index (χ3n) is 1.66. The van der Waals surface area contributed by atoms with Gasteiger partial charge in [0.25, 0.3) is 0 Å². The average Bonchev–Trinajstić information content (AvgIpc) is 2.01. The maximum atomic E-state index is 10.5. The van der Waals surface area contributed by atoms with Gasteiger partial charge in [-0.25, -0.2) is 4.79 Å². The molecule has 70 valence electrons. The van der Waals surface area contributed by atoms with E-state index < -0.39 is 0 Å². The van der Waals surface area contributed by atoms with Gasteiger partial charge in [-0.15, -0.1) is 6.58 Å². The lowest BCUT2D eigenvalue weighted by Gasteiger charge is -2.12. The van der Waals surface area contributed by atoms with E-state index in [1.54, 1.807) is 0 Å². The molecule has 0 radical (unpaired) electrons. The van der Waals surface area contributed by atoms with Crippen molar-refractivity contribution in [3.8, 4) is 0 Å². The Morgan fingerprint density at radius 3 is 2.83 bits per heavy atom. The Bertz CT molecular complexity index is 145. The molecule has 0 rings (SSSR count). The summed E-state index contributed by atoms with van der Waals surface area (Å²) in [5.41, 5.74) is -0.278. The van der Waals surface area contributed by atoms with Gasteiger partial charge in [-0.2, -0.15) is 0 Å². The van der Waals surface area contributed by atoms with Gasteiger partial charge in [-0.05, 0) is 28.0 Å². The Morgan fingerprint density at radius 2 is 2.42 bits per heavy atom. The van der Waals surface area contributed by atoms with Crippen LogP contribution in [0.3, 0.4) is 0 Å². The van der Waals surface area contributed by atoms with E-state index >= 15 is 0 Å². The van der Waals surface area contributed by atoms with Crippen LogP contribution in [0.5, 0.6) is 0 Å². The Morgan fingerprint density at radius 1 is 1.75 bits per heavy atom. The molecule has 2 atom stereocenters. The molecule has 0 aliphatic heterocycles. The summed E-state index contributed by atoms with van der Waals surface area (Å²) < 4.78 is 4.89. The fourth-order valence-electron chi connectivity index (χ4n) is 1.11. The molecule has 0 aliphatic carbocycles. The van der Waals surface area contributed by atoms with Gasteiger partial charge >= 0.3 is 5.71 Å². The van der Waals surface area contributed by atoms with Gasteiger partial charge < -0.3 is 4.74 Å². The maximum absolute atomic E-state index is 10.5. The molecule has 2 unspecified atom stereocenters. The van der Waals surface area contributed by atoms with E-state index in [1.807, 2.05) is 15.3 Å². The van der Waals surface area contributed by atoms with Crippen molar-refractivity contribution in [1.29, 1.82) is 0 Å². The van der Waals surface area contributed by atoms with E-state index in [4.69, 9.17) is 4.74 Å². The lowest BCUT2D eigenvalue weighted by Crippen LogP contribution is -2.09. The summed E-state index contributed by atoms with van der Waals surface area (Å²) in [6.45, 7) is 6.30. The van der Waals surface area contributed by atoms with Crippen molar-refractivity contribution in [3.05, 3.63) is 12.7 Å². The predicted molar refractivity (Wildman–Crippen MR) is 54.3 cm³/mol. The third-order valence-corrected chi connectivity index (χ3v) is 1.82. The molecular formula is C9H17O2P. The SMILES string of the molecule is C=CCC(CCC)COC(=O)P. The van der Waals surface area contributed by atoms with Crippen LogP contribution in [0.2, 0.25) is 0 Å². The van der Waals surface area contributed by atoms with Crippen LogP contribution in [0.25, 0.3) is 0 Å². The van der Waals surface area contributed by atoms with Crippen LogP contribution in [-0.2, 0) is 4.74 Å². The topological polar surface area (TPSA) is 26.3 Å². The molecule has 0 heterocycles. The quantitative estimate of drug-likeness (QED) is 0.473. The number of hydrogen-bond donors (Lipinski definition) is 0. The molecule has 0 spiro atoms. The van der Waals surface area contributed by atoms with Crippen molar-refractivity contribution in [1.82, 2.24) is 0 Å². The normalized spacial score (nSPS) is 12.2. The molecule has 0 saturated heterocycles. The highest BCUT2D eigenvalue weighted by Gasteiger charge is 2.06. The largest absolute Gasteiger partial charge is 0.463 e. The van der Waals surface area contributed by atoms with Crippen molar-refractivity contribution in [2.75, 3.05) is 6.61 Å². The second-order valence-electron chi connectivity index (χ2n) is 2.81. The van der Waals surface area contributed by atoms with Gasteiger partial charge in [0, 0.05) is 0 Å². The molecule has 0 aliphatic rings. The van der Waals surface area contributed by atoms with Crippen LogP contribution >= 0.6 is 9.24 Å². The second-order valence-corrected chi connectivity index (χ2v) is 3.28. The van der Waals surface area contributed by atoms with Gasteiger partial charge in [-0.1, -0.05) is 19.4 Å². The molecule has 0 amide bonds. The molecule has 3 heteroatoms. The Labute approximate surface area is 76.6 Å². The van der Waals surface area contributed by atoms with E-state index in [9.17, 15) is 4.79 Å². The van der Waals surface area contributed by atoms with Gasteiger partial charge in [0.1, 0.15) is 0 Å². The number of carbonyl (C=O) groups excluding carboxylic acids is 1. The van der Waals surface area contributed by atoms with E-state index in [2.05, 4.69) is 13.5 Å². The van der Waals surface area contributed by atoms with Crippen molar-refractivity contribution < 1.29 is 9.53 Å². The highest BCUT2D eigenvalue weighted by atomic mass is 31.0. The molecule has 0 bridgehead atoms. The summed E-state index contributed by atoms with van der Waals surface area (Å²) in [4.78, 5) is 10.5. The van der Waals surface area contributed by atoms with Crippen LogP contribution in [-0.4, -0.2) is 12.3 Å². The van der Waals surface area contributed by atoms with Gasteiger partial charge in [0.15, 0.2) is 0 Å². The lowest BCUT2D eigenvalue weighted by atomic mass is 10.0. The monoisotopic (exact) mass is 188 g/mol. The summed E-state index contributed by atoms with van der Waals surface area (Å²) in [6, 6.07) is 0. The Hall–Kier alpha value is -0.360. The zero-order valence-electron chi connectivity index (χ0n) is 7.58. The fraction of sp³-hybridized carbons (Fsp3) is 0.667. The molecule has 0 aromatic heterocycles. The van der Waals surface area contributed by atoms with E-state index in [0.717, 1.165) is 19.3 Å². The van der Waals surface area contributed by atoms with Gasteiger partial charge in [0.05, 0.1) is 6.61 Å². The van der Waals surface area contributed by atoms with Crippen LogP contribution in [0.1, 0.15) is 26.2 Å². The number of rotatable bonds is 6. The molecule has 0 fully saturated rings. The van der Waals surface area contributed by atoms with Crippen molar-refractivity contribution in [3.63, 3.8) is 0 Å². The zero-order valence-corrected chi connectivity index (χ0v) is 8.74. The minimum Gasteiger partial charge on any atom is -0.463 e. The smallest absolute Gasteiger partial charge is 0.319 e. The summed E-state index contributed by atoms with van der Waals surface area (Å²) in [6.07, 6.45) is 5.00. The molecule has 0 N–H and O–H groups in total.